The summed E-state index contributed by atoms with van der Waals surface area (Å²) in [6.07, 6.45) is 1.76. The first-order valence-electron chi connectivity index (χ1n) is 9.13. The van der Waals surface area contributed by atoms with Gasteiger partial charge in [-0.25, -0.2) is 0 Å². The van der Waals surface area contributed by atoms with Crippen LogP contribution in [0.4, 0.5) is 0 Å². The molecule has 0 unspecified atom stereocenters. The fraction of sp³-hybridized carbons (Fsp3) is 0.125. The van der Waals surface area contributed by atoms with Crippen molar-refractivity contribution in [2.75, 3.05) is 7.11 Å². The third-order valence-electron chi connectivity index (χ3n) is 4.68. The fourth-order valence-corrected chi connectivity index (χ4v) is 3.42. The quantitative estimate of drug-likeness (QED) is 0.449. The maximum absolute atomic E-state index is 12.8. The molecule has 0 aliphatic carbocycles. The van der Waals surface area contributed by atoms with Gasteiger partial charge in [-0.05, 0) is 60.0 Å². The molecule has 0 spiro atoms. The number of methoxy groups -OCH3 is 1. The number of rotatable bonds is 5. The van der Waals surface area contributed by atoms with Crippen LogP contribution in [0, 0.1) is 6.92 Å². The number of hydrogen-bond acceptors (Lipinski definition) is 4. The van der Waals surface area contributed by atoms with Gasteiger partial charge >= 0.3 is 0 Å². The SMILES string of the molecule is COc1ccc(COc2cc(C)c3c(c2)O/C(=C\c2ccc(Br)cc2)C3=O)cc1. The van der Waals surface area contributed by atoms with Gasteiger partial charge in [0.15, 0.2) is 5.76 Å². The first kappa shape index (κ1) is 19.3. The normalized spacial score (nSPS) is 13.9. The van der Waals surface area contributed by atoms with Crippen molar-refractivity contribution in [2.45, 2.75) is 13.5 Å². The second-order valence-electron chi connectivity index (χ2n) is 6.74. The molecular weight excluding hydrogens is 432 g/mol. The lowest BCUT2D eigenvalue weighted by molar-refractivity contribution is 0.101. The highest BCUT2D eigenvalue weighted by Gasteiger charge is 2.30. The van der Waals surface area contributed by atoms with E-state index in [1.165, 1.54) is 0 Å². The van der Waals surface area contributed by atoms with E-state index >= 15 is 0 Å². The predicted molar refractivity (Wildman–Crippen MR) is 116 cm³/mol. The van der Waals surface area contributed by atoms with Crippen molar-refractivity contribution in [3.8, 4) is 17.2 Å². The van der Waals surface area contributed by atoms with Crippen molar-refractivity contribution in [2.24, 2.45) is 0 Å². The Kier molecular flexibility index (Phi) is 5.41. The van der Waals surface area contributed by atoms with Crippen LogP contribution in [0.1, 0.15) is 27.0 Å². The zero-order valence-electron chi connectivity index (χ0n) is 16.1. The van der Waals surface area contributed by atoms with Crippen LogP contribution in [0.15, 0.2) is 70.9 Å². The summed E-state index contributed by atoms with van der Waals surface area (Å²) in [7, 11) is 1.64. The zero-order chi connectivity index (χ0) is 20.4. The summed E-state index contributed by atoms with van der Waals surface area (Å²) in [5, 5.41) is 0. The van der Waals surface area contributed by atoms with Crippen molar-refractivity contribution in [3.05, 3.63) is 93.1 Å². The minimum absolute atomic E-state index is 0.109. The van der Waals surface area contributed by atoms with E-state index in [-0.39, 0.29) is 5.78 Å². The maximum atomic E-state index is 12.8. The molecule has 146 valence electrons. The lowest BCUT2D eigenvalue weighted by Crippen LogP contribution is -2.00. The monoisotopic (exact) mass is 450 g/mol. The van der Waals surface area contributed by atoms with Crippen LogP contribution in [-0.4, -0.2) is 12.9 Å². The van der Waals surface area contributed by atoms with Gasteiger partial charge in [-0.15, -0.1) is 0 Å². The number of allylic oxidation sites excluding steroid dienone is 1. The van der Waals surface area contributed by atoms with Crippen molar-refractivity contribution < 1.29 is 19.0 Å². The van der Waals surface area contributed by atoms with Crippen LogP contribution < -0.4 is 14.2 Å². The van der Waals surface area contributed by atoms with Gasteiger partial charge in [0, 0.05) is 10.5 Å². The molecule has 3 aromatic carbocycles. The number of aryl methyl sites for hydroxylation is 1. The molecule has 0 aromatic heterocycles. The molecule has 0 radical (unpaired) electrons. The molecule has 4 nitrogen and oxygen atoms in total. The number of ether oxygens (including phenoxy) is 3. The van der Waals surface area contributed by atoms with Gasteiger partial charge in [0.25, 0.3) is 0 Å². The average Bonchev–Trinajstić information content (AvgIpc) is 3.04. The molecule has 0 amide bonds. The first-order valence-corrected chi connectivity index (χ1v) is 9.93. The summed E-state index contributed by atoms with van der Waals surface area (Å²) in [5.41, 5.74) is 3.34. The summed E-state index contributed by atoms with van der Waals surface area (Å²) in [5.74, 6) is 2.21. The number of fused-ring (bicyclic) bond motifs is 1. The molecule has 1 aliphatic rings. The molecule has 1 heterocycles. The van der Waals surface area contributed by atoms with Crippen LogP contribution in [0.3, 0.4) is 0 Å². The number of benzene rings is 3. The van der Waals surface area contributed by atoms with Gasteiger partial charge in [-0.2, -0.15) is 0 Å². The maximum Gasteiger partial charge on any atom is 0.232 e. The van der Waals surface area contributed by atoms with Crippen molar-refractivity contribution in [3.63, 3.8) is 0 Å². The molecular formula is C24H19BrO4. The smallest absolute Gasteiger partial charge is 0.232 e. The van der Waals surface area contributed by atoms with Gasteiger partial charge in [0.1, 0.15) is 23.9 Å². The number of ketones is 1. The molecule has 3 aromatic rings. The van der Waals surface area contributed by atoms with Gasteiger partial charge in [-0.3, -0.25) is 4.79 Å². The Hall–Kier alpha value is -3.05. The Balaban J connectivity index is 1.53. The lowest BCUT2D eigenvalue weighted by atomic mass is 10.0. The van der Waals surface area contributed by atoms with Gasteiger partial charge in [0.2, 0.25) is 5.78 Å². The molecule has 0 saturated carbocycles. The Morgan fingerprint density at radius 1 is 1.00 bits per heavy atom. The summed E-state index contributed by atoms with van der Waals surface area (Å²) < 4.78 is 17.9. The van der Waals surface area contributed by atoms with E-state index in [1.807, 2.05) is 61.5 Å². The van der Waals surface area contributed by atoms with E-state index in [4.69, 9.17) is 14.2 Å². The van der Waals surface area contributed by atoms with E-state index in [0.717, 1.165) is 26.9 Å². The highest BCUT2D eigenvalue weighted by Crippen LogP contribution is 2.37. The van der Waals surface area contributed by atoms with Crippen molar-refractivity contribution in [1.29, 1.82) is 0 Å². The molecule has 0 fully saturated rings. The van der Waals surface area contributed by atoms with E-state index in [9.17, 15) is 4.79 Å². The van der Waals surface area contributed by atoms with E-state index in [1.54, 1.807) is 19.3 Å². The Bertz CT molecular complexity index is 1080. The minimum Gasteiger partial charge on any atom is -0.497 e. The van der Waals surface area contributed by atoms with Crippen LogP contribution in [0.2, 0.25) is 0 Å². The van der Waals surface area contributed by atoms with Crippen LogP contribution in [0.25, 0.3) is 6.08 Å². The predicted octanol–water partition coefficient (Wildman–Crippen LogP) is 5.96. The standard InChI is InChI=1S/C24H19BrO4/c1-15-11-20(28-14-17-5-9-19(27-2)10-6-17)13-21-23(15)24(26)22(29-21)12-16-3-7-18(25)8-4-16/h3-13H,14H2,1-2H3/b22-12-. The average molecular weight is 451 g/mol. The third kappa shape index (κ3) is 4.20. The second kappa shape index (κ2) is 8.13. The summed E-state index contributed by atoms with van der Waals surface area (Å²) in [6.45, 7) is 2.31. The van der Waals surface area contributed by atoms with Gasteiger partial charge in [0.05, 0.1) is 12.7 Å². The van der Waals surface area contributed by atoms with Crippen LogP contribution >= 0.6 is 15.9 Å². The molecule has 0 N–H and O–H groups in total. The first-order chi connectivity index (χ1) is 14.0. The molecule has 4 rings (SSSR count). The number of Topliss-reactive ketones (excluding diaryl/α,β-unsaturated/α-hetero) is 1. The lowest BCUT2D eigenvalue weighted by Gasteiger charge is -2.09. The van der Waals surface area contributed by atoms with Crippen molar-refractivity contribution >= 4 is 27.8 Å². The van der Waals surface area contributed by atoms with Gasteiger partial charge in [-0.1, -0.05) is 40.2 Å². The summed E-state index contributed by atoms with van der Waals surface area (Å²) in [6, 6.07) is 19.0. The minimum atomic E-state index is -0.109. The Morgan fingerprint density at radius 2 is 1.72 bits per heavy atom. The Labute approximate surface area is 177 Å². The van der Waals surface area contributed by atoms with E-state index in [2.05, 4.69) is 15.9 Å². The molecule has 1 aliphatic heterocycles. The molecule has 29 heavy (non-hydrogen) atoms. The summed E-state index contributed by atoms with van der Waals surface area (Å²) >= 11 is 3.41. The number of carbonyl (C=O) groups is 1. The molecule has 0 bridgehead atoms. The highest BCUT2D eigenvalue weighted by molar-refractivity contribution is 9.10. The largest absolute Gasteiger partial charge is 0.497 e. The highest BCUT2D eigenvalue weighted by atomic mass is 79.9. The zero-order valence-corrected chi connectivity index (χ0v) is 17.7. The van der Waals surface area contributed by atoms with Crippen LogP contribution in [-0.2, 0) is 6.61 Å². The molecule has 0 atom stereocenters. The number of halogens is 1. The fourth-order valence-electron chi connectivity index (χ4n) is 3.16. The van der Waals surface area contributed by atoms with E-state index < -0.39 is 0 Å². The Morgan fingerprint density at radius 3 is 2.41 bits per heavy atom. The van der Waals surface area contributed by atoms with Crippen molar-refractivity contribution in [1.82, 2.24) is 0 Å². The third-order valence-corrected chi connectivity index (χ3v) is 5.20. The molecule has 5 heteroatoms. The molecule has 0 saturated heterocycles. The van der Waals surface area contributed by atoms with Gasteiger partial charge < -0.3 is 14.2 Å². The van der Waals surface area contributed by atoms with Crippen LogP contribution in [0.5, 0.6) is 17.2 Å². The summed E-state index contributed by atoms with van der Waals surface area (Å²) in [4.78, 5) is 12.8. The van der Waals surface area contributed by atoms with E-state index in [0.29, 0.717) is 29.4 Å². The topological polar surface area (TPSA) is 44.8 Å². The number of carbonyl (C=O) groups excluding carboxylic acids is 1. The number of hydrogen-bond donors (Lipinski definition) is 0. The second-order valence-corrected chi connectivity index (χ2v) is 7.66.